The third-order valence-corrected chi connectivity index (χ3v) is 0.994. The monoisotopic (exact) mass is 156 g/mol. The molecule has 0 heterocycles. The minimum absolute atomic E-state index is 0. The number of nitrogens with zero attached hydrogens (tertiary/aromatic N) is 2. The van der Waals surface area contributed by atoms with E-state index in [0.29, 0.717) is 0 Å². The van der Waals surface area contributed by atoms with Crippen LogP contribution in [0.5, 0.6) is 0 Å². The van der Waals surface area contributed by atoms with Crippen LogP contribution in [-0.4, -0.2) is 56.6 Å². The molecule has 0 saturated heterocycles. The molecule has 0 radical (unpaired) electrons. The molecule has 3 nitrogen and oxygen atoms in total. The molecular weight excluding hydrogens is 139 g/mol. The predicted octanol–water partition coefficient (Wildman–Crippen LogP) is -3.06. The fourth-order valence-electron chi connectivity index (χ4n) is 0.400. The topological polar surface area (TPSA) is 36.5 Å². The van der Waals surface area contributed by atoms with Gasteiger partial charge in [0.1, 0.15) is 0 Å². The first-order chi connectivity index (χ1) is 3.63. The molecule has 0 atom stereocenters. The first-order valence-corrected chi connectivity index (χ1v) is 2.92. The quantitative estimate of drug-likeness (QED) is 0.407. The Labute approximate surface area is 86.0 Å². The van der Waals surface area contributed by atoms with Crippen LogP contribution in [-0.2, 0) is 0 Å². The third kappa shape index (κ3) is 15.9. The smallest absolute Gasteiger partial charge is 0.870 e. The second-order valence-corrected chi connectivity index (χ2v) is 2.61. The van der Waals surface area contributed by atoms with E-state index in [9.17, 15) is 0 Å². The summed E-state index contributed by atoms with van der Waals surface area (Å²) < 4.78 is 0. The normalized spacial score (nSPS) is 9.00. The molecule has 0 unspecified atom stereocenters. The van der Waals surface area contributed by atoms with Gasteiger partial charge >= 0.3 is 29.6 Å². The Bertz CT molecular complexity index is 51.7. The fourth-order valence-corrected chi connectivity index (χ4v) is 0.400. The minimum Gasteiger partial charge on any atom is -0.870 e. The number of hydrogen-bond donors (Lipinski definition) is 0. The Balaban J connectivity index is -0.000000245. The van der Waals surface area contributed by atoms with Crippen LogP contribution in [0.15, 0.2) is 0 Å². The van der Waals surface area contributed by atoms with E-state index >= 15 is 0 Å². The van der Waals surface area contributed by atoms with Gasteiger partial charge in [0.25, 0.3) is 0 Å². The molecule has 0 spiro atoms. The van der Waals surface area contributed by atoms with Crippen molar-refractivity contribution in [1.29, 1.82) is 0 Å². The number of rotatable bonds is 3. The average Bonchev–Trinajstić information content (AvgIpc) is 1.61. The summed E-state index contributed by atoms with van der Waals surface area (Å²) in [6, 6.07) is 0. The first kappa shape index (κ1) is 17.1. The van der Waals surface area contributed by atoms with Crippen LogP contribution in [0.1, 0.15) is 0 Å². The SMILES string of the molecule is CN(C)CCN(C)C.[Na+].[OH-]. The van der Waals surface area contributed by atoms with E-state index < -0.39 is 0 Å². The van der Waals surface area contributed by atoms with E-state index in [1.54, 1.807) is 0 Å². The fraction of sp³-hybridized carbons (Fsp3) is 1.00. The predicted molar refractivity (Wildman–Crippen MR) is 39.0 cm³/mol. The summed E-state index contributed by atoms with van der Waals surface area (Å²) in [6.45, 7) is 2.29. The molecule has 0 saturated carbocycles. The second kappa shape index (κ2) is 9.88. The molecule has 0 fully saturated rings. The van der Waals surface area contributed by atoms with Gasteiger partial charge in [0, 0.05) is 13.1 Å². The molecular formula is C6H17N2NaO. The molecule has 4 heteroatoms. The van der Waals surface area contributed by atoms with E-state index in [1.165, 1.54) is 0 Å². The maximum atomic E-state index is 2.18. The zero-order valence-corrected chi connectivity index (χ0v) is 9.76. The Morgan fingerprint density at radius 1 is 0.800 bits per heavy atom. The van der Waals surface area contributed by atoms with Crippen molar-refractivity contribution in [2.24, 2.45) is 0 Å². The van der Waals surface area contributed by atoms with E-state index in [4.69, 9.17) is 0 Å². The molecule has 0 aliphatic rings. The molecule has 0 aromatic carbocycles. The van der Waals surface area contributed by atoms with Crippen molar-refractivity contribution in [1.82, 2.24) is 9.80 Å². The van der Waals surface area contributed by atoms with E-state index in [1.807, 2.05) is 0 Å². The van der Waals surface area contributed by atoms with Gasteiger partial charge in [-0.3, -0.25) is 0 Å². The summed E-state index contributed by atoms with van der Waals surface area (Å²) in [4.78, 5) is 4.36. The molecule has 0 bridgehead atoms. The zero-order valence-electron chi connectivity index (χ0n) is 7.76. The van der Waals surface area contributed by atoms with Gasteiger partial charge in [0.05, 0.1) is 0 Å². The van der Waals surface area contributed by atoms with Crippen molar-refractivity contribution in [2.45, 2.75) is 0 Å². The van der Waals surface area contributed by atoms with Crippen LogP contribution >= 0.6 is 0 Å². The van der Waals surface area contributed by atoms with Gasteiger partial charge in [-0.2, -0.15) is 0 Å². The average molecular weight is 156 g/mol. The van der Waals surface area contributed by atoms with Gasteiger partial charge in [0.15, 0.2) is 0 Å². The van der Waals surface area contributed by atoms with Crippen LogP contribution in [0.25, 0.3) is 0 Å². The van der Waals surface area contributed by atoms with Crippen LogP contribution in [0.3, 0.4) is 0 Å². The van der Waals surface area contributed by atoms with Crippen molar-refractivity contribution in [2.75, 3.05) is 41.3 Å². The largest absolute Gasteiger partial charge is 1.00 e. The van der Waals surface area contributed by atoms with Gasteiger partial charge in [-0.1, -0.05) is 0 Å². The standard InChI is InChI=1S/C6H16N2.Na.H2O/c1-7(2)5-6-8(3)4;;/h5-6H2,1-4H3;;1H2/q;+1;/p-1. The summed E-state index contributed by atoms with van der Waals surface area (Å²) in [5, 5.41) is 0. The van der Waals surface area contributed by atoms with Gasteiger partial charge in [0.2, 0.25) is 0 Å². The van der Waals surface area contributed by atoms with Gasteiger partial charge in [-0.15, -0.1) is 0 Å². The molecule has 58 valence electrons. The minimum atomic E-state index is 0. The van der Waals surface area contributed by atoms with Crippen molar-refractivity contribution < 1.29 is 35.0 Å². The Kier molecular flexibility index (Phi) is 16.9. The molecule has 0 rings (SSSR count). The van der Waals surface area contributed by atoms with E-state index in [0.717, 1.165) is 13.1 Å². The van der Waals surface area contributed by atoms with Gasteiger partial charge in [-0.05, 0) is 28.2 Å². The Morgan fingerprint density at radius 3 is 1.10 bits per heavy atom. The summed E-state index contributed by atoms with van der Waals surface area (Å²) in [5.74, 6) is 0. The molecule has 0 amide bonds. The number of likely N-dealkylation sites (N-methyl/N-ethyl adjacent to an activating group) is 2. The molecule has 0 aliphatic heterocycles. The van der Waals surface area contributed by atoms with Gasteiger partial charge < -0.3 is 15.3 Å². The van der Waals surface area contributed by atoms with Crippen LogP contribution in [0.4, 0.5) is 0 Å². The Morgan fingerprint density at radius 2 is 1.00 bits per heavy atom. The van der Waals surface area contributed by atoms with Crippen molar-refractivity contribution in [3.63, 3.8) is 0 Å². The maximum absolute atomic E-state index is 2.18. The zero-order chi connectivity index (χ0) is 6.57. The summed E-state index contributed by atoms with van der Waals surface area (Å²) >= 11 is 0. The first-order valence-electron chi connectivity index (χ1n) is 2.92. The third-order valence-electron chi connectivity index (χ3n) is 0.994. The second-order valence-electron chi connectivity index (χ2n) is 2.61. The van der Waals surface area contributed by atoms with Crippen LogP contribution in [0, 0.1) is 0 Å². The molecule has 0 aromatic heterocycles. The Hall–Kier alpha value is 0.880. The molecule has 0 aliphatic carbocycles. The van der Waals surface area contributed by atoms with E-state index in [-0.39, 0.29) is 35.0 Å². The summed E-state index contributed by atoms with van der Waals surface area (Å²) in [7, 11) is 8.35. The van der Waals surface area contributed by atoms with Crippen LogP contribution in [0.2, 0.25) is 0 Å². The van der Waals surface area contributed by atoms with Crippen molar-refractivity contribution >= 4 is 0 Å². The molecule has 0 aromatic rings. The van der Waals surface area contributed by atoms with Crippen molar-refractivity contribution in [3.05, 3.63) is 0 Å². The number of hydrogen-bond acceptors (Lipinski definition) is 3. The van der Waals surface area contributed by atoms with Crippen molar-refractivity contribution in [3.8, 4) is 0 Å². The van der Waals surface area contributed by atoms with Crippen LogP contribution < -0.4 is 29.6 Å². The maximum Gasteiger partial charge on any atom is 1.00 e. The summed E-state index contributed by atoms with van der Waals surface area (Å²) in [6.07, 6.45) is 0. The van der Waals surface area contributed by atoms with E-state index in [2.05, 4.69) is 38.0 Å². The molecule has 10 heavy (non-hydrogen) atoms. The summed E-state index contributed by atoms with van der Waals surface area (Å²) in [5.41, 5.74) is 0. The van der Waals surface area contributed by atoms with Gasteiger partial charge in [-0.25, -0.2) is 0 Å². The molecule has 1 N–H and O–H groups in total.